The van der Waals surface area contributed by atoms with Crippen molar-refractivity contribution in [1.29, 1.82) is 0 Å². The molecule has 0 amide bonds. The number of anilines is 6. The summed E-state index contributed by atoms with van der Waals surface area (Å²) in [5.41, 5.74) is 22.6. The molecule has 11 rings (SSSR count). The van der Waals surface area contributed by atoms with Crippen LogP contribution in [0.4, 0.5) is 34.1 Å². The molecule has 58 heavy (non-hydrogen) atoms. The molecule has 3 aliphatic heterocycles. The Morgan fingerprint density at radius 1 is 0.586 bits per heavy atom. The number of rotatable bonds is 3. The Labute approximate surface area is 344 Å². The van der Waals surface area contributed by atoms with Gasteiger partial charge >= 0.3 is 0 Å². The molecule has 6 aromatic carbocycles. The van der Waals surface area contributed by atoms with Gasteiger partial charge in [-0.15, -0.1) is 0 Å². The van der Waals surface area contributed by atoms with Gasteiger partial charge in [0, 0.05) is 28.3 Å². The Bertz CT molecular complexity index is 2700. The van der Waals surface area contributed by atoms with E-state index >= 15 is 0 Å². The van der Waals surface area contributed by atoms with Crippen LogP contribution in [-0.4, -0.2) is 19.9 Å². The zero-order chi connectivity index (χ0) is 39.9. The van der Waals surface area contributed by atoms with Crippen molar-refractivity contribution < 1.29 is 9.47 Å². The van der Waals surface area contributed by atoms with Gasteiger partial charge in [0.2, 0.25) is 0 Å². The fourth-order valence-electron chi connectivity index (χ4n) is 11.0. The SMILES string of the molecule is Cc1cc2c3c(c1)N(c1ccc(C(C)(C)C)cc1-c1ccccc1)c1c(ccc4c1OCCO4)B3c1cc3c(cc1N2c1ccc2c(c1)CC(C)(C)C2)CC(C)(C)C3. The molecule has 0 spiro atoms. The second kappa shape index (κ2) is 12.3. The molecule has 0 aromatic heterocycles. The highest BCUT2D eigenvalue weighted by atomic mass is 16.6. The van der Waals surface area contributed by atoms with Gasteiger partial charge in [-0.1, -0.05) is 103 Å². The predicted octanol–water partition coefficient (Wildman–Crippen LogP) is 11.1. The molecule has 3 heterocycles. The van der Waals surface area contributed by atoms with Gasteiger partial charge < -0.3 is 19.3 Å². The van der Waals surface area contributed by atoms with Gasteiger partial charge in [0.25, 0.3) is 6.71 Å². The summed E-state index contributed by atoms with van der Waals surface area (Å²) in [6.07, 6.45) is 4.41. The van der Waals surface area contributed by atoms with Crippen molar-refractivity contribution >= 4 is 57.2 Å². The first-order valence-corrected chi connectivity index (χ1v) is 21.4. The summed E-state index contributed by atoms with van der Waals surface area (Å²) in [6, 6.07) is 39.9. The zero-order valence-electron chi connectivity index (χ0n) is 35.3. The van der Waals surface area contributed by atoms with Crippen molar-refractivity contribution in [1.82, 2.24) is 0 Å². The van der Waals surface area contributed by atoms with Crippen LogP contribution in [0.2, 0.25) is 0 Å². The number of ether oxygens (including phenoxy) is 2. The number of nitrogens with zero attached hydrogens (tertiary/aromatic N) is 2. The van der Waals surface area contributed by atoms with Crippen LogP contribution in [0.15, 0.2) is 103 Å². The van der Waals surface area contributed by atoms with Crippen molar-refractivity contribution in [3.8, 4) is 22.6 Å². The van der Waals surface area contributed by atoms with Gasteiger partial charge in [-0.05, 0) is 153 Å². The maximum Gasteiger partial charge on any atom is 0.252 e. The quantitative estimate of drug-likeness (QED) is 0.168. The third kappa shape index (κ3) is 5.48. The van der Waals surface area contributed by atoms with Gasteiger partial charge in [-0.25, -0.2) is 0 Å². The van der Waals surface area contributed by atoms with Crippen LogP contribution in [0.3, 0.4) is 0 Å². The second-order valence-electron chi connectivity index (χ2n) is 20.4. The van der Waals surface area contributed by atoms with E-state index in [1.54, 1.807) is 0 Å². The molecule has 6 aromatic rings. The molecular weight excluding hydrogens is 707 g/mol. The first kappa shape index (κ1) is 35.7. The summed E-state index contributed by atoms with van der Waals surface area (Å²) in [5.74, 6) is 1.65. The molecule has 0 radical (unpaired) electrons. The summed E-state index contributed by atoms with van der Waals surface area (Å²) in [6.45, 7) is 19.9. The Morgan fingerprint density at radius 2 is 1.26 bits per heavy atom. The third-order valence-corrected chi connectivity index (χ3v) is 13.5. The highest BCUT2D eigenvalue weighted by Crippen LogP contribution is 2.53. The first-order chi connectivity index (χ1) is 27.7. The smallest absolute Gasteiger partial charge is 0.252 e. The van der Waals surface area contributed by atoms with Crippen molar-refractivity contribution in [3.05, 3.63) is 137 Å². The lowest BCUT2D eigenvalue weighted by molar-refractivity contribution is 0.172. The Kier molecular flexibility index (Phi) is 7.58. The van der Waals surface area contributed by atoms with Gasteiger partial charge in [0.1, 0.15) is 13.2 Å². The standard InChI is InChI=1S/C53H53BN2O2/c1-32-22-45-48-46(23-32)56(43-18-15-38(51(2,3)4)27-40(43)33-12-10-9-11-13-33)49-41(17-19-47-50(49)58-21-20-57-47)54(48)42-25-36-30-53(7,8)31-37(36)26-44(42)55(45)39-16-14-34-28-52(5,6)29-35(34)24-39/h9-19,22-27H,20-21,28-31H2,1-8H3. The summed E-state index contributed by atoms with van der Waals surface area (Å²) < 4.78 is 13.1. The highest BCUT2D eigenvalue weighted by Gasteiger charge is 2.47. The molecule has 290 valence electrons. The van der Waals surface area contributed by atoms with Crippen molar-refractivity contribution in [2.24, 2.45) is 10.8 Å². The van der Waals surface area contributed by atoms with Crippen molar-refractivity contribution in [2.45, 2.75) is 86.5 Å². The van der Waals surface area contributed by atoms with Crippen LogP contribution in [0.5, 0.6) is 11.5 Å². The van der Waals surface area contributed by atoms with Gasteiger partial charge in [0.05, 0.1) is 11.4 Å². The molecule has 5 heteroatoms. The minimum atomic E-state index is -0.0182. The van der Waals surface area contributed by atoms with E-state index in [1.807, 2.05) is 0 Å². The second-order valence-corrected chi connectivity index (χ2v) is 20.4. The van der Waals surface area contributed by atoms with Crippen LogP contribution in [-0.2, 0) is 31.1 Å². The number of hydrogen-bond donors (Lipinski definition) is 0. The number of benzene rings is 6. The van der Waals surface area contributed by atoms with E-state index in [0.717, 1.165) is 48.6 Å². The highest BCUT2D eigenvalue weighted by molar-refractivity contribution is 7.00. The van der Waals surface area contributed by atoms with E-state index < -0.39 is 0 Å². The van der Waals surface area contributed by atoms with Crippen molar-refractivity contribution in [3.63, 3.8) is 0 Å². The van der Waals surface area contributed by atoms with E-state index in [0.29, 0.717) is 13.2 Å². The largest absolute Gasteiger partial charge is 0.486 e. The summed E-state index contributed by atoms with van der Waals surface area (Å²) in [7, 11) is 0. The molecule has 0 saturated heterocycles. The lowest BCUT2D eigenvalue weighted by Gasteiger charge is -2.45. The third-order valence-electron chi connectivity index (χ3n) is 13.5. The van der Waals surface area contributed by atoms with E-state index in [4.69, 9.17) is 9.47 Å². The summed E-state index contributed by atoms with van der Waals surface area (Å²) >= 11 is 0. The predicted molar refractivity (Wildman–Crippen MR) is 243 cm³/mol. The molecule has 0 atom stereocenters. The number of aryl methyl sites for hydroxylation is 1. The lowest BCUT2D eigenvalue weighted by Crippen LogP contribution is -2.61. The lowest BCUT2D eigenvalue weighted by atomic mass is 9.33. The molecule has 0 N–H and O–H groups in total. The number of hydrogen-bond acceptors (Lipinski definition) is 4. The molecule has 2 aliphatic carbocycles. The van der Waals surface area contributed by atoms with E-state index in [9.17, 15) is 0 Å². The Balaban J connectivity index is 1.23. The normalized spacial score (nSPS) is 17.7. The molecule has 0 bridgehead atoms. The van der Waals surface area contributed by atoms with Crippen molar-refractivity contribution in [2.75, 3.05) is 23.0 Å². The van der Waals surface area contributed by atoms with Gasteiger partial charge in [0.15, 0.2) is 11.5 Å². The molecule has 0 saturated carbocycles. The van der Waals surface area contributed by atoms with Crippen LogP contribution >= 0.6 is 0 Å². The van der Waals surface area contributed by atoms with E-state index in [-0.39, 0.29) is 23.0 Å². The Hall–Kier alpha value is -5.42. The van der Waals surface area contributed by atoms with Crippen LogP contribution in [0, 0.1) is 17.8 Å². The minimum absolute atomic E-state index is 0.00956. The molecule has 0 fully saturated rings. The first-order valence-electron chi connectivity index (χ1n) is 21.4. The van der Waals surface area contributed by atoms with E-state index in [2.05, 4.69) is 168 Å². The zero-order valence-corrected chi connectivity index (χ0v) is 35.3. The fraction of sp³-hybridized carbons (Fsp3) is 0.321. The average molecular weight is 761 g/mol. The molecule has 0 unspecified atom stereocenters. The van der Waals surface area contributed by atoms with Crippen LogP contribution < -0.4 is 35.7 Å². The van der Waals surface area contributed by atoms with Gasteiger partial charge in [-0.3, -0.25) is 0 Å². The minimum Gasteiger partial charge on any atom is -0.486 e. The van der Waals surface area contributed by atoms with Gasteiger partial charge in [-0.2, -0.15) is 0 Å². The Morgan fingerprint density at radius 3 is 2.00 bits per heavy atom. The number of fused-ring (bicyclic) bond motifs is 8. The molecule has 5 aliphatic rings. The molecule has 4 nitrogen and oxygen atoms in total. The summed E-state index contributed by atoms with van der Waals surface area (Å²) in [4.78, 5) is 5.15. The topological polar surface area (TPSA) is 24.9 Å². The van der Waals surface area contributed by atoms with Crippen LogP contribution in [0.1, 0.15) is 81.8 Å². The maximum absolute atomic E-state index is 6.75. The average Bonchev–Trinajstić information content (AvgIpc) is 3.67. The summed E-state index contributed by atoms with van der Waals surface area (Å²) in [5, 5.41) is 0. The fourth-order valence-corrected chi connectivity index (χ4v) is 11.0. The molecular formula is C53H53BN2O2. The van der Waals surface area contributed by atoms with E-state index in [1.165, 1.54) is 83.6 Å². The monoisotopic (exact) mass is 760 g/mol. The van der Waals surface area contributed by atoms with Crippen LogP contribution in [0.25, 0.3) is 11.1 Å². The maximum atomic E-state index is 6.75.